The molecule has 1 amide bonds. The highest BCUT2D eigenvalue weighted by atomic mass is 79.9. The molecule has 0 aromatic heterocycles. The second kappa shape index (κ2) is 5.16. The van der Waals surface area contributed by atoms with Crippen molar-refractivity contribution in [1.29, 1.82) is 0 Å². The van der Waals surface area contributed by atoms with Crippen molar-refractivity contribution >= 4 is 21.8 Å². The highest BCUT2D eigenvalue weighted by Crippen LogP contribution is 2.19. The first-order chi connectivity index (χ1) is 7.06. The Labute approximate surface area is 97.8 Å². The summed E-state index contributed by atoms with van der Waals surface area (Å²) in [5, 5.41) is 10.3. The van der Waals surface area contributed by atoms with Crippen molar-refractivity contribution in [1.82, 2.24) is 4.90 Å². The number of phenolic OH excluding ortho intramolecular Hbond substituents is 1. The molecule has 1 aromatic carbocycles. The van der Waals surface area contributed by atoms with Crippen LogP contribution in [0.4, 0.5) is 0 Å². The zero-order valence-electron chi connectivity index (χ0n) is 8.83. The number of alkyl halides is 1. The zero-order chi connectivity index (χ0) is 11.4. The molecule has 0 saturated carbocycles. The molecular formula is C11H14BrNO2. The molecule has 15 heavy (non-hydrogen) atoms. The molecule has 0 radical (unpaired) electrons. The number of benzene rings is 1. The van der Waals surface area contributed by atoms with Gasteiger partial charge in [0.05, 0.1) is 5.56 Å². The van der Waals surface area contributed by atoms with Crippen LogP contribution in [0.25, 0.3) is 0 Å². The van der Waals surface area contributed by atoms with Crippen LogP contribution in [0.15, 0.2) is 18.2 Å². The van der Waals surface area contributed by atoms with Crippen LogP contribution in [0.2, 0.25) is 0 Å². The standard InChI is InChI=1S/C11H14BrNO2/c1-8-3-4-10(14)9(7-8)11(15)13(2)6-5-12/h3-4,7,14H,5-6H2,1-2H3. The lowest BCUT2D eigenvalue weighted by molar-refractivity contribution is 0.0801. The molecule has 0 unspecified atom stereocenters. The van der Waals surface area contributed by atoms with Gasteiger partial charge in [0.2, 0.25) is 0 Å². The van der Waals surface area contributed by atoms with E-state index in [9.17, 15) is 9.90 Å². The lowest BCUT2D eigenvalue weighted by Gasteiger charge is -2.16. The van der Waals surface area contributed by atoms with Crippen molar-refractivity contribution in [3.8, 4) is 5.75 Å². The Kier molecular flexibility index (Phi) is 4.15. The van der Waals surface area contributed by atoms with Crippen molar-refractivity contribution in [3.05, 3.63) is 29.3 Å². The summed E-state index contributed by atoms with van der Waals surface area (Å²) in [6.07, 6.45) is 0. The zero-order valence-corrected chi connectivity index (χ0v) is 10.4. The van der Waals surface area contributed by atoms with Crippen LogP contribution in [0.5, 0.6) is 5.75 Å². The highest BCUT2D eigenvalue weighted by molar-refractivity contribution is 9.09. The molecule has 0 aliphatic heterocycles. The Balaban J connectivity index is 2.95. The Bertz CT molecular complexity index is 366. The Hall–Kier alpha value is -1.03. The first-order valence-electron chi connectivity index (χ1n) is 4.67. The lowest BCUT2D eigenvalue weighted by atomic mass is 10.1. The van der Waals surface area contributed by atoms with E-state index in [-0.39, 0.29) is 11.7 Å². The van der Waals surface area contributed by atoms with Gasteiger partial charge in [-0.2, -0.15) is 0 Å². The fraction of sp³-hybridized carbons (Fsp3) is 0.364. The third-order valence-corrected chi connectivity index (χ3v) is 2.50. The van der Waals surface area contributed by atoms with E-state index in [2.05, 4.69) is 15.9 Å². The molecule has 0 heterocycles. The van der Waals surface area contributed by atoms with Gasteiger partial charge in [-0.3, -0.25) is 4.79 Å². The van der Waals surface area contributed by atoms with E-state index in [0.29, 0.717) is 12.1 Å². The molecular weight excluding hydrogens is 258 g/mol. The fourth-order valence-electron chi connectivity index (χ4n) is 1.26. The summed E-state index contributed by atoms with van der Waals surface area (Å²) in [5.74, 6) is -0.123. The van der Waals surface area contributed by atoms with Gasteiger partial charge in [-0.05, 0) is 19.1 Å². The van der Waals surface area contributed by atoms with E-state index >= 15 is 0 Å². The average Bonchev–Trinajstić information content (AvgIpc) is 2.21. The van der Waals surface area contributed by atoms with Crippen molar-refractivity contribution < 1.29 is 9.90 Å². The van der Waals surface area contributed by atoms with Crippen LogP contribution in [-0.2, 0) is 0 Å². The molecule has 1 rings (SSSR count). The minimum atomic E-state index is -0.157. The number of aryl methyl sites for hydroxylation is 1. The van der Waals surface area contributed by atoms with Crippen molar-refractivity contribution in [2.75, 3.05) is 18.9 Å². The molecule has 1 aromatic rings. The van der Waals surface area contributed by atoms with Gasteiger partial charge in [0.1, 0.15) is 5.75 Å². The van der Waals surface area contributed by atoms with Gasteiger partial charge in [0.25, 0.3) is 5.91 Å². The molecule has 1 N–H and O–H groups in total. The lowest BCUT2D eigenvalue weighted by Crippen LogP contribution is -2.28. The van der Waals surface area contributed by atoms with E-state index in [0.717, 1.165) is 10.9 Å². The number of halogens is 1. The SMILES string of the molecule is Cc1ccc(O)c(C(=O)N(C)CCBr)c1. The van der Waals surface area contributed by atoms with E-state index in [1.54, 1.807) is 30.1 Å². The quantitative estimate of drug-likeness (QED) is 0.857. The minimum Gasteiger partial charge on any atom is -0.507 e. The monoisotopic (exact) mass is 271 g/mol. The Morgan fingerprint density at radius 3 is 2.80 bits per heavy atom. The first-order valence-corrected chi connectivity index (χ1v) is 5.79. The average molecular weight is 272 g/mol. The third kappa shape index (κ3) is 2.96. The molecule has 3 nitrogen and oxygen atoms in total. The number of hydrogen-bond acceptors (Lipinski definition) is 2. The van der Waals surface area contributed by atoms with Crippen LogP contribution < -0.4 is 0 Å². The van der Waals surface area contributed by atoms with Gasteiger partial charge in [0, 0.05) is 18.9 Å². The molecule has 4 heteroatoms. The van der Waals surface area contributed by atoms with Crippen molar-refractivity contribution in [3.63, 3.8) is 0 Å². The van der Waals surface area contributed by atoms with E-state index < -0.39 is 0 Å². The van der Waals surface area contributed by atoms with Gasteiger partial charge in [-0.15, -0.1) is 0 Å². The predicted octanol–water partition coefficient (Wildman–Crippen LogP) is 2.17. The topological polar surface area (TPSA) is 40.5 Å². The fourth-order valence-corrected chi connectivity index (χ4v) is 1.79. The molecule has 0 aliphatic rings. The molecule has 0 spiro atoms. The van der Waals surface area contributed by atoms with E-state index in [4.69, 9.17) is 0 Å². The summed E-state index contributed by atoms with van der Waals surface area (Å²) in [4.78, 5) is 13.4. The highest BCUT2D eigenvalue weighted by Gasteiger charge is 2.14. The number of rotatable bonds is 3. The van der Waals surface area contributed by atoms with Gasteiger partial charge in [0.15, 0.2) is 0 Å². The second-order valence-electron chi connectivity index (χ2n) is 3.44. The number of hydrogen-bond donors (Lipinski definition) is 1. The van der Waals surface area contributed by atoms with Gasteiger partial charge >= 0.3 is 0 Å². The maximum absolute atomic E-state index is 11.9. The van der Waals surface area contributed by atoms with Crippen LogP contribution in [0.1, 0.15) is 15.9 Å². The summed E-state index contributed by atoms with van der Waals surface area (Å²) < 4.78 is 0. The second-order valence-corrected chi connectivity index (χ2v) is 4.23. The molecule has 0 saturated heterocycles. The molecule has 0 bridgehead atoms. The smallest absolute Gasteiger partial charge is 0.257 e. The minimum absolute atomic E-state index is 0.0343. The molecule has 0 atom stereocenters. The summed E-state index contributed by atoms with van der Waals surface area (Å²) in [7, 11) is 1.71. The predicted molar refractivity (Wildman–Crippen MR) is 63.6 cm³/mol. The van der Waals surface area contributed by atoms with Gasteiger partial charge in [-0.25, -0.2) is 0 Å². The van der Waals surface area contributed by atoms with Crippen LogP contribution >= 0.6 is 15.9 Å². The number of carbonyl (C=O) groups excluding carboxylic acids is 1. The first kappa shape index (κ1) is 12.0. The van der Waals surface area contributed by atoms with Crippen molar-refractivity contribution in [2.45, 2.75) is 6.92 Å². The Morgan fingerprint density at radius 1 is 1.53 bits per heavy atom. The normalized spacial score (nSPS) is 10.1. The number of carbonyl (C=O) groups is 1. The third-order valence-electron chi connectivity index (χ3n) is 2.15. The maximum Gasteiger partial charge on any atom is 0.257 e. The largest absolute Gasteiger partial charge is 0.507 e. The number of phenols is 1. The van der Waals surface area contributed by atoms with E-state index in [1.165, 1.54) is 0 Å². The summed E-state index contributed by atoms with van der Waals surface area (Å²) in [5.41, 5.74) is 1.32. The maximum atomic E-state index is 11.9. The van der Waals surface area contributed by atoms with Crippen LogP contribution in [-0.4, -0.2) is 34.8 Å². The molecule has 0 fully saturated rings. The molecule has 0 aliphatic carbocycles. The summed E-state index contributed by atoms with van der Waals surface area (Å²) in [6.45, 7) is 2.51. The number of nitrogens with zero attached hydrogens (tertiary/aromatic N) is 1. The van der Waals surface area contributed by atoms with Gasteiger partial charge in [-0.1, -0.05) is 27.6 Å². The summed E-state index contributed by atoms with van der Waals surface area (Å²) >= 11 is 3.27. The van der Waals surface area contributed by atoms with E-state index in [1.807, 2.05) is 6.92 Å². The number of amides is 1. The van der Waals surface area contributed by atoms with Crippen LogP contribution in [0, 0.1) is 6.92 Å². The van der Waals surface area contributed by atoms with Crippen molar-refractivity contribution in [2.24, 2.45) is 0 Å². The van der Waals surface area contributed by atoms with Gasteiger partial charge < -0.3 is 10.0 Å². The molecule has 82 valence electrons. The summed E-state index contributed by atoms with van der Waals surface area (Å²) in [6, 6.07) is 5.02. The Morgan fingerprint density at radius 2 is 2.20 bits per heavy atom. The van der Waals surface area contributed by atoms with Crippen LogP contribution in [0.3, 0.4) is 0 Å². The number of aromatic hydroxyl groups is 1.